The SMILES string of the molecule is CC(C)(C)C1CCC(CNC2CC2)C(c2sccc2Cl)C1. The lowest BCUT2D eigenvalue weighted by atomic mass is 9.65. The van der Waals surface area contributed by atoms with Crippen LogP contribution in [0.25, 0.3) is 0 Å². The highest BCUT2D eigenvalue weighted by Gasteiger charge is 2.38. The van der Waals surface area contributed by atoms with Gasteiger partial charge in [0, 0.05) is 10.9 Å². The lowest BCUT2D eigenvalue weighted by Crippen LogP contribution is -2.36. The van der Waals surface area contributed by atoms with Crippen molar-refractivity contribution in [3.63, 3.8) is 0 Å². The highest BCUT2D eigenvalue weighted by molar-refractivity contribution is 7.10. The molecule has 0 aromatic carbocycles. The van der Waals surface area contributed by atoms with E-state index >= 15 is 0 Å². The van der Waals surface area contributed by atoms with Crippen LogP contribution in [0.15, 0.2) is 11.4 Å². The molecule has 0 spiro atoms. The normalized spacial score (nSPS) is 30.6. The minimum Gasteiger partial charge on any atom is -0.314 e. The fourth-order valence-corrected chi connectivity index (χ4v) is 5.17. The standard InChI is InChI=1S/C18H28ClNS/c1-18(2,3)13-5-4-12(11-20-14-6-7-14)15(10-13)17-16(19)8-9-21-17/h8-9,12-15,20H,4-7,10-11H2,1-3H3. The number of halogens is 1. The molecule has 0 saturated heterocycles. The van der Waals surface area contributed by atoms with Crippen LogP contribution in [0.2, 0.25) is 5.02 Å². The summed E-state index contributed by atoms with van der Waals surface area (Å²) in [5.74, 6) is 2.24. The van der Waals surface area contributed by atoms with Gasteiger partial charge < -0.3 is 5.32 Å². The highest BCUT2D eigenvalue weighted by atomic mass is 35.5. The lowest BCUT2D eigenvalue weighted by molar-refractivity contribution is 0.130. The summed E-state index contributed by atoms with van der Waals surface area (Å²) >= 11 is 8.33. The van der Waals surface area contributed by atoms with E-state index in [1.807, 2.05) is 11.3 Å². The maximum atomic E-state index is 6.47. The molecule has 1 N–H and O–H groups in total. The molecule has 2 aliphatic rings. The third kappa shape index (κ3) is 3.83. The number of nitrogens with one attached hydrogen (secondary N) is 1. The molecular formula is C18H28ClNS. The van der Waals surface area contributed by atoms with Crippen LogP contribution in [-0.4, -0.2) is 12.6 Å². The summed E-state index contributed by atoms with van der Waals surface area (Å²) in [5.41, 5.74) is 0.414. The Kier molecular flexibility index (Phi) is 4.69. The van der Waals surface area contributed by atoms with Crippen LogP contribution in [0.3, 0.4) is 0 Å². The Morgan fingerprint density at radius 3 is 2.57 bits per heavy atom. The molecule has 1 aromatic rings. The van der Waals surface area contributed by atoms with Gasteiger partial charge in [0.2, 0.25) is 0 Å². The van der Waals surface area contributed by atoms with E-state index in [1.165, 1.54) is 43.5 Å². The quantitative estimate of drug-likeness (QED) is 0.748. The molecule has 3 rings (SSSR count). The van der Waals surface area contributed by atoms with Crippen molar-refractivity contribution in [2.45, 2.75) is 64.8 Å². The summed E-state index contributed by atoms with van der Waals surface area (Å²) in [6.07, 6.45) is 6.78. The molecule has 0 aliphatic heterocycles. The molecule has 1 nitrogen and oxygen atoms in total. The molecule has 3 unspecified atom stereocenters. The third-order valence-corrected chi connectivity index (χ3v) is 6.94. The van der Waals surface area contributed by atoms with E-state index in [9.17, 15) is 0 Å². The fourth-order valence-electron chi connectivity index (χ4n) is 3.76. The first kappa shape index (κ1) is 15.8. The molecule has 3 heteroatoms. The number of hydrogen-bond acceptors (Lipinski definition) is 2. The average Bonchev–Trinajstić information content (AvgIpc) is 3.16. The lowest BCUT2D eigenvalue weighted by Gasteiger charge is -2.42. The predicted molar refractivity (Wildman–Crippen MR) is 93.4 cm³/mol. The second-order valence-electron chi connectivity index (χ2n) is 8.06. The van der Waals surface area contributed by atoms with E-state index in [0.717, 1.165) is 22.9 Å². The predicted octanol–water partition coefficient (Wildman–Crippen LogP) is 5.70. The van der Waals surface area contributed by atoms with Crippen molar-refractivity contribution < 1.29 is 0 Å². The Bertz CT molecular complexity index is 472. The summed E-state index contributed by atoms with van der Waals surface area (Å²) in [5, 5.41) is 6.91. The van der Waals surface area contributed by atoms with Crippen LogP contribution in [-0.2, 0) is 0 Å². The average molecular weight is 326 g/mol. The van der Waals surface area contributed by atoms with Crippen molar-refractivity contribution in [3.8, 4) is 0 Å². The molecule has 0 radical (unpaired) electrons. The Morgan fingerprint density at radius 1 is 1.24 bits per heavy atom. The number of thiophene rings is 1. The van der Waals surface area contributed by atoms with Gasteiger partial charge >= 0.3 is 0 Å². The number of rotatable bonds is 4. The highest BCUT2D eigenvalue weighted by Crippen LogP contribution is 2.49. The third-order valence-electron chi connectivity index (χ3n) is 5.45. The van der Waals surface area contributed by atoms with E-state index in [0.29, 0.717) is 11.3 Å². The van der Waals surface area contributed by atoms with Crippen molar-refractivity contribution in [2.75, 3.05) is 6.54 Å². The first-order valence-corrected chi connectivity index (χ1v) is 9.67. The summed E-state index contributed by atoms with van der Waals surface area (Å²) in [7, 11) is 0. The van der Waals surface area contributed by atoms with Crippen LogP contribution in [0.5, 0.6) is 0 Å². The Hall–Kier alpha value is -0.0500. The van der Waals surface area contributed by atoms with Gasteiger partial charge in [-0.3, -0.25) is 0 Å². The zero-order chi connectivity index (χ0) is 15.0. The van der Waals surface area contributed by atoms with Crippen molar-refractivity contribution in [3.05, 3.63) is 21.3 Å². The van der Waals surface area contributed by atoms with Gasteiger partial charge in [-0.05, 0) is 73.3 Å². The fraction of sp³-hybridized carbons (Fsp3) is 0.778. The van der Waals surface area contributed by atoms with Crippen LogP contribution in [0, 0.1) is 17.3 Å². The minimum atomic E-state index is 0.414. The minimum absolute atomic E-state index is 0.414. The zero-order valence-electron chi connectivity index (χ0n) is 13.5. The van der Waals surface area contributed by atoms with Crippen molar-refractivity contribution in [1.29, 1.82) is 0 Å². The maximum Gasteiger partial charge on any atom is 0.0547 e. The van der Waals surface area contributed by atoms with Crippen LogP contribution in [0.4, 0.5) is 0 Å². The van der Waals surface area contributed by atoms with E-state index in [4.69, 9.17) is 11.6 Å². The van der Waals surface area contributed by atoms with Gasteiger partial charge in [-0.2, -0.15) is 0 Å². The molecule has 2 aliphatic carbocycles. The second-order valence-corrected chi connectivity index (χ2v) is 9.41. The van der Waals surface area contributed by atoms with Crippen LogP contribution >= 0.6 is 22.9 Å². The van der Waals surface area contributed by atoms with Crippen LogP contribution < -0.4 is 5.32 Å². The molecule has 21 heavy (non-hydrogen) atoms. The largest absolute Gasteiger partial charge is 0.314 e. The zero-order valence-corrected chi connectivity index (χ0v) is 15.1. The molecule has 0 amide bonds. The number of hydrogen-bond donors (Lipinski definition) is 1. The Labute approximate surface area is 138 Å². The first-order valence-electron chi connectivity index (χ1n) is 8.41. The van der Waals surface area contributed by atoms with Gasteiger partial charge in [0.15, 0.2) is 0 Å². The van der Waals surface area contributed by atoms with Crippen molar-refractivity contribution in [2.24, 2.45) is 17.3 Å². The molecule has 1 aromatic heterocycles. The van der Waals surface area contributed by atoms with E-state index in [-0.39, 0.29) is 0 Å². The first-order chi connectivity index (χ1) is 9.95. The van der Waals surface area contributed by atoms with Crippen LogP contribution in [0.1, 0.15) is 63.7 Å². The smallest absolute Gasteiger partial charge is 0.0547 e. The molecule has 0 bridgehead atoms. The summed E-state index contributed by atoms with van der Waals surface area (Å²) in [4.78, 5) is 1.44. The Morgan fingerprint density at radius 2 is 2.00 bits per heavy atom. The summed E-state index contributed by atoms with van der Waals surface area (Å²) < 4.78 is 0. The van der Waals surface area contributed by atoms with Crippen molar-refractivity contribution >= 4 is 22.9 Å². The molecular weight excluding hydrogens is 298 g/mol. The monoisotopic (exact) mass is 325 g/mol. The van der Waals surface area contributed by atoms with Gasteiger partial charge in [0.1, 0.15) is 0 Å². The van der Waals surface area contributed by atoms with E-state index < -0.39 is 0 Å². The Balaban J connectivity index is 1.74. The van der Waals surface area contributed by atoms with Gasteiger partial charge in [0.05, 0.1) is 5.02 Å². The van der Waals surface area contributed by atoms with E-state index in [1.54, 1.807) is 0 Å². The molecule has 3 atom stereocenters. The van der Waals surface area contributed by atoms with Crippen molar-refractivity contribution in [1.82, 2.24) is 5.32 Å². The van der Waals surface area contributed by atoms with Gasteiger partial charge in [0.25, 0.3) is 0 Å². The maximum absolute atomic E-state index is 6.47. The molecule has 1 heterocycles. The topological polar surface area (TPSA) is 12.0 Å². The van der Waals surface area contributed by atoms with Gasteiger partial charge in [-0.15, -0.1) is 11.3 Å². The second kappa shape index (κ2) is 6.22. The van der Waals surface area contributed by atoms with Gasteiger partial charge in [-0.1, -0.05) is 32.4 Å². The molecule has 2 fully saturated rings. The van der Waals surface area contributed by atoms with Gasteiger partial charge in [-0.25, -0.2) is 0 Å². The summed E-state index contributed by atoms with van der Waals surface area (Å²) in [6, 6.07) is 2.89. The molecule has 2 saturated carbocycles. The molecule has 118 valence electrons. The van der Waals surface area contributed by atoms with E-state index in [2.05, 4.69) is 37.5 Å². The summed E-state index contributed by atoms with van der Waals surface area (Å²) in [6.45, 7) is 8.37.